The van der Waals surface area contributed by atoms with E-state index in [0.717, 1.165) is 0 Å². The van der Waals surface area contributed by atoms with Crippen LogP contribution in [-0.4, -0.2) is 57.2 Å². The highest BCUT2D eigenvalue weighted by atomic mass is 31.2. The van der Waals surface area contributed by atoms with Crippen molar-refractivity contribution in [1.82, 2.24) is 5.32 Å². The minimum absolute atomic E-state index is 0.00480. The number of esters is 1. The Balaban J connectivity index is 3.60. The highest BCUT2D eigenvalue weighted by Crippen LogP contribution is 2.53. The second-order valence-electron chi connectivity index (χ2n) is 8.42. The molecule has 1 unspecified atom stereocenters. The summed E-state index contributed by atoms with van der Waals surface area (Å²) in [5.41, 5.74) is -0.319. The molecule has 0 spiro atoms. The maximum atomic E-state index is 13.8. The zero-order valence-corrected chi connectivity index (χ0v) is 24.1. The summed E-state index contributed by atoms with van der Waals surface area (Å²) in [5.74, 6) is -0.710. The number of nitrogens with one attached hydrogen (secondary N) is 1. The molecule has 0 aliphatic heterocycles. The largest absolute Gasteiger partial charge is 0.467 e. The van der Waals surface area contributed by atoms with Gasteiger partial charge in [0.25, 0.3) is 0 Å². The summed E-state index contributed by atoms with van der Waals surface area (Å²) in [7, 11) is -6.67. The van der Waals surface area contributed by atoms with Gasteiger partial charge in [-0.3, -0.25) is 9.13 Å². The lowest BCUT2D eigenvalue weighted by atomic mass is 10.1. The zero-order valence-electron chi connectivity index (χ0n) is 22.3. The van der Waals surface area contributed by atoms with E-state index in [4.69, 9.17) is 27.6 Å². The van der Waals surface area contributed by atoms with E-state index >= 15 is 0 Å². The second-order valence-corrected chi connectivity index (χ2v) is 12.4. The van der Waals surface area contributed by atoms with Crippen molar-refractivity contribution in [3.05, 3.63) is 23.8 Å². The first kappa shape index (κ1) is 32.3. The molecule has 0 heterocycles. The Hall–Kier alpha value is -1.74. The molecule has 1 aromatic carbocycles. The van der Waals surface area contributed by atoms with Crippen LogP contribution in [0, 0.1) is 0 Å². The first-order chi connectivity index (χ1) is 16.8. The fraction of sp³-hybridized carbons (Fsp3) is 0.652. The van der Waals surface area contributed by atoms with E-state index in [0.29, 0.717) is 5.56 Å². The molecule has 1 atom stereocenters. The average molecular weight is 552 g/mol. The molecule has 0 aromatic heterocycles. The Morgan fingerprint density at radius 3 is 1.75 bits per heavy atom. The normalized spacial score (nSPS) is 13.2. The third kappa shape index (κ3) is 9.29. The van der Waals surface area contributed by atoms with Crippen LogP contribution in [0.4, 0.5) is 4.79 Å². The Kier molecular flexibility index (Phi) is 12.8. The van der Waals surface area contributed by atoms with Gasteiger partial charge in [-0.2, -0.15) is 0 Å². The van der Waals surface area contributed by atoms with Crippen LogP contribution in [0.3, 0.4) is 0 Å². The molecule has 206 valence electrons. The van der Waals surface area contributed by atoms with Gasteiger partial charge in [0.1, 0.15) is 11.6 Å². The first-order valence-electron chi connectivity index (χ1n) is 11.8. The number of ether oxygens (including phenoxy) is 2. The van der Waals surface area contributed by atoms with Crippen LogP contribution in [0.5, 0.6) is 0 Å². The lowest BCUT2D eigenvalue weighted by Crippen LogP contribution is -2.45. The minimum Gasteiger partial charge on any atom is -0.467 e. The summed E-state index contributed by atoms with van der Waals surface area (Å²) in [6.45, 7) is 12.0. The van der Waals surface area contributed by atoms with Crippen molar-refractivity contribution < 1.29 is 46.3 Å². The third-order valence-corrected chi connectivity index (χ3v) is 8.95. The van der Waals surface area contributed by atoms with Gasteiger partial charge in [-0.05, 0) is 66.2 Å². The second kappa shape index (κ2) is 14.3. The number of carbonyl (C=O) groups excluding carboxylic acids is 2. The Morgan fingerprint density at radius 1 is 0.861 bits per heavy atom. The Labute approximate surface area is 213 Å². The number of rotatable bonds is 14. The molecule has 0 fully saturated rings. The van der Waals surface area contributed by atoms with Crippen LogP contribution in [0.15, 0.2) is 18.2 Å². The van der Waals surface area contributed by atoms with Crippen molar-refractivity contribution in [2.45, 2.75) is 66.5 Å². The number of methoxy groups -OCH3 is 1. The average Bonchev–Trinajstić information content (AvgIpc) is 2.77. The predicted molar refractivity (Wildman–Crippen MR) is 136 cm³/mol. The molecular weight excluding hydrogens is 512 g/mol. The number of hydrogen-bond donors (Lipinski definition) is 1. The lowest BCUT2D eigenvalue weighted by molar-refractivity contribution is -0.143. The Bertz CT molecular complexity index is 956. The summed E-state index contributed by atoms with van der Waals surface area (Å²) >= 11 is 0. The van der Waals surface area contributed by atoms with Crippen molar-refractivity contribution in [3.63, 3.8) is 0 Å². The number of hydrogen-bond acceptors (Lipinski definition) is 10. The molecule has 0 saturated carbocycles. The first-order valence-corrected chi connectivity index (χ1v) is 14.9. The van der Waals surface area contributed by atoms with Gasteiger partial charge in [0.15, 0.2) is 0 Å². The maximum absolute atomic E-state index is 13.8. The molecule has 0 aliphatic carbocycles. The van der Waals surface area contributed by atoms with Crippen molar-refractivity contribution >= 4 is 37.9 Å². The molecule has 1 N–H and O–H groups in total. The molecule has 0 radical (unpaired) electrons. The number of alkyl carbamates (subject to hydrolysis) is 1. The monoisotopic (exact) mass is 551 g/mol. The number of benzene rings is 1. The molecule has 13 heteroatoms. The number of amides is 1. The summed E-state index contributed by atoms with van der Waals surface area (Å²) in [4.78, 5) is 24.7. The van der Waals surface area contributed by atoms with E-state index in [9.17, 15) is 18.7 Å². The standard InChI is InChI=1S/C23H39NO10P2/c1-9-30-35(27,31-10-2)19-14-13-17(16-20(19)36(28,32-11-3)33-12-4)15-18(21(25)29-8)24-22(26)34-23(5,6)7/h13-14,16,18H,9-12,15H2,1-8H3,(H,24,26). The highest BCUT2D eigenvalue weighted by molar-refractivity contribution is 7.68. The summed E-state index contributed by atoms with van der Waals surface area (Å²) < 4.78 is 59.5. The van der Waals surface area contributed by atoms with Gasteiger partial charge in [-0.25, -0.2) is 9.59 Å². The van der Waals surface area contributed by atoms with Crippen LogP contribution in [0.1, 0.15) is 54.0 Å². The maximum Gasteiger partial charge on any atom is 0.408 e. The van der Waals surface area contributed by atoms with Crippen LogP contribution in [0.25, 0.3) is 0 Å². The zero-order chi connectivity index (χ0) is 27.6. The van der Waals surface area contributed by atoms with Gasteiger partial charge in [-0.1, -0.05) is 6.07 Å². The minimum atomic E-state index is -3.97. The smallest absolute Gasteiger partial charge is 0.408 e. The van der Waals surface area contributed by atoms with Gasteiger partial charge in [-0.15, -0.1) is 0 Å². The molecule has 11 nitrogen and oxygen atoms in total. The Morgan fingerprint density at radius 2 is 1.33 bits per heavy atom. The van der Waals surface area contributed by atoms with Gasteiger partial charge in [0.2, 0.25) is 0 Å². The SMILES string of the molecule is CCOP(=O)(OCC)c1ccc(CC(NC(=O)OC(C)(C)C)C(=O)OC)cc1P(=O)(OCC)OCC. The fourth-order valence-electron chi connectivity index (χ4n) is 3.20. The van der Waals surface area contributed by atoms with Crippen molar-refractivity contribution in [3.8, 4) is 0 Å². The van der Waals surface area contributed by atoms with Gasteiger partial charge < -0.3 is 32.9 Å². The number of carbonyl (C=O) groups is 2. The molecule has 0 bridgehead atoms. The summed E-state index contributed by atoms with van der Waals surface area (Å²) in [5, 5.41) is 2.53. The molecule has 0 aliphatic rings. The van der Waals surface area contributed by atoms with Gasteiger partial charge >= 0.3 is 27.3 Å². The predicted octanol–water partition coefficient (Wildman–Crippen LogP) is 4.08. The van der Waals surface area contributed by atoms with Crippen molar-refractivity contribution in [2.75, 3.05) is 33.5 Å². The molecule has 1 rings (SSSR count). The summed E-state index contributed by atoms with van der Waals surface area (Å²) in [6.07, 6.45) is -0.855. The van der Waals surface area contributed by atoms with Crippen LogP contribution >= 0.6 is 15.2 Å². The molecular formula is C23H39NO10P2. The molecule has 1 amide bonds. The quantitative estimate of drug-likeness (QED) is 0.266. The van der Waals surface area contributed by atoms with Crippen LogP contribution in [-0.2, 0) is 47.9 Å². The van der Waals surface area contributed by atoms with Crippen molar-refractivity contribution in [2.24, 2.45) is 0 Å². The highest BCUT2D eigenvalue weighted by Gasteiger charge is 2.39. The molecule has 36 heavy (non-hydrogen) atoms. The molecule has 0 saturated heterocycles. The summed E-state index contributed by atoms with van der Waals surface area (Å²) in [6, 6.07) is 3.35. The van der Waals surface area contributed by atoms with Crippen LogP contribution < -0.4 is 15.9 Å². The van der Waals surface area contributed by atoms with E-state index in [1.165, 1.54) is 19.2 Å². The van der Waals surface area contributed by atoms with E-state index in [2.05, 4.69) is 5.32 Å². The lowest BCUT2D eigenvalue weighted by Gasteiger charge is -2.25. The van der Waals surface area contributed by atoms with Gasteiger partial charge in [0, 0.05) is 6.42 Å². The topological polar surface area (TPSA) is 136 Å². The van der Waals surface area contributed by atoms with Crippen LogP contribution in [0.2, 0.25) is 0 Å². The molecule has 1 aromatic rings. The van der Waals surface area contributed by atoms with E-state index in [1.807, 2.05) is 0 Å². The fourth-order valence-corrected chi connectivity index (χ4v) is 7.28. The van der Waals surface area contributed by atoms with E-state index < -0.39 is 38.9 Å². The third-order valence-electron chi connectivity index (χ3n) is 4.44. The van der Waals surface area contributed by atoms with E-state index in [1.54, 1.807) is 54.5 Å². The van der Waals surface area contributed by atoms with Crippen molar-refractivity contribution in [1.29, 1.82) is 0 Å². The van der Waals surface area contributed by atoms with E-state index in [-0.39, 0.29) is 43.5 Å². The van der Waals surface area contributed by atoms with Gasteiger partial charge in [0.05, 0.1) is 44.1 Å².